The number of carbonyl (C=O) groups excluding carboxylic acids is 1. The molecule has 0 bridgehead atoms. The topological polar surface area (TPSA) is 127 Å². The number of amides is 1. The first-order valence-electron chi connectivity index (χ1n) is 10.1. The van der Waals surface area contributed by atoms with E-state index >= 15 is 0 Å². The van der Waals surface area contributed by atoms with Crippen molar-refractivity contribution in [1.29, 1.82) is 0 Å². The average Bonchev–Trinajstić information content (AvgIpc) is 2.72. The average molecular weight is 500 g/mol. The van der Waals surface area contributed by atoms with Crippen molar-refractivity contribution >= 4 is 31.5 Å². The first-order valence-corrected chi connectivity index (χ1v) is 13.6. The van der Waals surface area contributed by atoms with Crippen LogP contribution in [0.5, 0.6) is 5.75 Å². The lowest BCUT2D eigenvalue weighted by Crippen LogP contribution is -2.49. The van der Waals surface area contributed by atoms with E-state index in [2.05, 4.69) is 0 Å². The highest BCUT2D eigenvalue weighted by molar-refractivity contribution is 7.90. The SMILES string of the molecule is CC(C)Oc1ccc(S(N)(=O)=O)cc1C(=O)N1CCN(c2ccc(S(C)(=O)=O)cc2F)CC1. The molecule has 9 nitrogen and oxygen atoms in total. The summed E-state index contributed by atoms with van der Waals surface area (Å²) >= 11 is 0. The molecule has 1 fully saturated rings. The minimum atomic E-state index is -4.02. The number of sulfone groups is 1. The number of carbonyl (C=O) groups is 1. The van der Waals surface area contributed by atoms with Crippen LogP contribution in [-0.2, 0) is 19.9 Å². The first-order chi connectivity index (χ1) is 15.3. The summed E-state index contributed by atoms with van der Waals surface area (Å²) < 4.78 is 67.0. The Morgan fingerprint density at radius 1 is 1.00 bits per heavy atom. The smallest absolute Gasteiger partial charge is 0.257 e. The molecule has 1 aliphatic heterocycles. The second-order valence-electron chi connectivity index (χ2n) is 8.03. The molecule has 0 saturated carbocycles. The molecule has 12 heteroatoms. The Labute approximate surface area is 192 Å². The normalized spacial score (nSPS) is 15.1. The summed E-state index contributed by atoms with van der Waals surface area (Å²) in [5.41, 5.74) is 0.321. The number of nitrogens with zero attached hydrogens (tertiary/aromatic N) is 2. The molecule has 0 aliphatic carbocycles. The van der Waals surface area contributed by atoms with Crippen molar-refractivity contribution in [3.63, 3.8) is 0 Å². The minimum absolute atomic E-state index is 0.0763. The Hall–Kier alpha value is -2.70. The third-order valence-electron chi connectivity index (χ3n) is 5.13. The molecule has 2 aromatic carbocycles. The molecule has 0 spiro atoms. The summed E-state index contributed by atoms with van der Waals surface area (Å²) in [5, 5.41) is 5.22. The highest BCUT2D eigenvalue weighted by atomic mass is 32.2. The van der Waals surface area contributed by atoms with Crippen molar-refractivity contribution in [2.24, 2.45) is 5.14 Å². The molecule has 2 aromatic rings. The van der Waals surface area contributed by atoms with Crippen LogP contribution in [0.25, 0.3) is 0 Å². The van der Waals surface area contributed by atoms with Gasteiger partial charge in [-0.25, -0.2) is 26.4 Å². The van der Waals surface area contributed by atoms with Gasteiger partial charge in [0.25, 0.3) is 5.91 Å². The van der Waals surface area contributed by atoms with E-state index in [1.54, 1.807) is 18.7 Å². The lowest BCUT2D eigenvalue weighted by molar-refractivity contribution is 0.0740. The number of hydrogen-bond donors (Lipinski definition) is 1. The van der Waals surface area contributed by atoms with Gasteiger partial charge in [-0.3, -0.25) is 4.79 Å². The quantitative estimate of drug-likeness (QED) is 0.640. The van der Waals surface area contributed by atoms with Crippen molar-refractivity contribution < 1.29 is 30.8 Å². The highest BCUT2D eigenvalue weighted by Crippen LogP contribution is 2.27. The fraction of sp³-hybridized carbons (Fsp3) is 0.381. The minimum Gasteiger partial charge on any atom is -0.490 e. The van der Waals surface area contributed by atoms with Crippen LogP contribution < -0.4 is 14.8 Å². The van der Waals surface area contributed by atoms with E-state index in [1.807, 2.05) is 0 Å². The molecular formula is C21H26FN3O6S2. The number of ether oxygens (including phenoxy) is 1. The Morgan fingerprint density at radius 2 is 1.61 bits per heavy atom. The molecule has 1 aliphatic rings. The lowest BCUT2D eigenvalue weighted by atomic mass is 10.1. The fourth-order valence-electron chi connectivity index (χ4n) is 3.51. The Kier molecular flexibility index (Phi) is 7.01. The maximum absolute atomic E-state index is 14.5. The van der Waals surface area contributed by atoms with Crippen molar-refractivity contribution in [3.8, 4) is 5.75 Å². The number of halogens is 1. The van der Waals surface area contributed by atoms with E-state index < -0.39 is 31.6 Å². The van der Waals surface area contributed by atoms with E-state index in [1.165, 1.54) is 35.2 Å². The zero-order chi connectivity index (χ0) is 24.6. The Morgan fingerprint density at radius 3 is 2.12 bits per heavy atom. The van der Waals surface area contributed by atoms with Crippen LogP contribution in [0.15, 0.2) is 46.2 Å². The molecule has 180 valence electrons. The summed E-state index contributed by atoms with van der Waals surface area (Å²) in [7, 11) is -7.54. The monoisotopic (exact) mass is 499 g/mol. The van der Waals surface area contributed by atoms with Gasteiger partial charge in [0.2, 0.25) is 10.0 Å². The van der Waals surface area contributed by atoms with Gasteiger partial charge in [-0.05, 0) is 50.2 Å². The second kappa shape index (κ2) is 9.27. The fourth-order valence-corrected chi connectivity index (χ4v) is 4.68. The predicted molar refractivity (Wildman–Crippen MR) is 121 cm³/mol. The summed E-state index contributed by atoms with van der Waals surface area (Å²) in [6.07, 6.45) is 0.764. The number of piperazine rings is 1. The van der Waals surface area contributed by atoms with Gasteiger partial charge in [0.1, 0.15) is 11.6 Å². The van der Waals surface area contributed by atoms with Crippen LogP contribution in [0.4, 0.5) is 10.1 Å². The Bertz CT molecular complexity index is 1270. The predicted octanol–water partition coefficient (Wildman–Crippen LogP) is 1.63. The summed E-state index contributed by atoms with van der Waals surface area (Å²) in [6, 6.07) is 7.63. The molecule has 0 radical (unpaired) electrons. The molecule has 1 saturated heterocycles. The van der Waals surface area contributed by atoms with E-state index in [0.29, 0.717) is 13.1 Å². The van der Waals surface area contributed by atoms with E-state index in [4.69, 9.17) is 9.88 Å². The summed E-state index contributed by atoms with van der Waals surface area (Å²) in [4.78, 5) is 16.1. The van der Waals surface area contributed by atoms with Crippen molar-refractivity contribution in [3.05, 3.63) is 47.8 Å². The zero-order valence-electron chi connectivity index (χ0n) is 18.5. The van der Waals surface area contributed by atoms with Gasteiger partial charge < -0.3 is 14.5 Å². The largest absolute Gasteiger partial charge is 0.490 e. The molecule has 0 unspecified atom stereocenters. The molecule has 2 N–H and O–H groups in total. The molecule has 0 aromatic heterocycles. The second-order valence-corrected chi connectivity index (χ2v) is 11.6. The molecule has 3 rings (SSSR count). The zero-order valence-corrected chi connectivity index (χ0v) is 20.1. The van der Waals surface area contributed by atoms with Crippen molar-refractivity contribution in [2.75, 3.05) is 37.3 Å². The van der Waals surface area contributed by atoms with Gasteiger partial charge in [-0.1, -0.05) is 0 Å². The van der Waals surface area contributed by atoms with Gasteiger partial charge in [0.15, 0.2) is 9.84 Å². The van der Waals surface area contributed by atoms with Crippen LogP contribution in [0.1, 0.15) is 24.2 Å². The maximum Gasteiger partial charge on any atom is 0.257 e. The van der Waals surface area contributed by atoms with E-state index in [9.17, 15) is 26.0 Å². The van der Waals surface area contributed by atoms with E-state index in [-0.39, 0.29) is 46.0 Å². The van der Waals surface area contributed by atoms with Gasteiger partial charge >= 0.3 is 0 Å². The highest BCUT2D eigenvalue weighted by Gasteiger charge is 2.27. The molecule has 0 atom stereocenters. The van der Waals surface area contributed by atoms with Gasteiger partial charge in [0, 0.05) is 32.4 Å². The molecule has 1 heterocycles. The maximum atomic E-state index is 14.5. The lowest BCUT2D eigenvalue weighted by Gasteiger charge is -2.36. The third-order valence-corrected chi connectivity index (χ3v) is 7.15. The molecule has 33 heavy (non-hydrogen) atoms. The van der Waals surface area contributed by atoms with E-state index in [0.717, 1.165) is 12.3 Å². The number of primary sulfonamides is 1. The van der Waals surface area contributed by atoms with Gasteiger partial charge in [-0.15, -0.1) is 0 Å². The number of benzene rings is 2. The Balaban J connectivity index is 1.80. The standard InChI is InChI=1S/C21H26FN3O6S2/c1-14(2)31-20-7-5-16(33(23,29)30)12-17(20)21(26)25-10-8-24(9-11-25)19-6-4-15(13-18(19)22)32(3,27)28/h4-7,12-14H,8-11H2,1-3H3,(H2,23,29,30). The van der Waals surface area contributed by atoms with Gasteiger partial charge in [0.05, 0.1) is 27.1 Å². The number of anilines is 1. The molecule has 1 amide bonds. The van der Waals surface area contributed by atoms with Crippen LogP contribution in [0.2, 0.25) is 0 Å². The van der Waals surface area contributed by atoms with Gasteiger partial charge in [-0.2, -0.15) is 0 Å². The number of sulfonamides is 1. The van der Waals surface area contributed by atoms with Crippen molar-refractivity contribution in [1.82, 2.24) is 4.90 Å². The molecular weight excluding hydrogens is 473 g/mol. The van der Waals surface area contributed by atoms with Crippen LogP contribution in [0.3, 0.4) is 0 Å². The first kappa shape index (κ1) is 24.9. The summed E-state index contributed by atoms with van der Waals surface area (Å²) in [5.74, 6) is -0.845. The number of rotatable bonds is 6. The number of hydrogen-bond acceptors (Lipinski definition) is 7. The van der Waals surface area contributed by atoms with Crippen molar-refractivity contribution in [2.45, 2.75) is 29.7 Å². The third kappa shape index (κ3) is 5.81. The van der Waals surface area contributed by atoms with Crippen LogP contribution in [0, 0.1) is 5.82 Å². The van der Waals surface area contributed by atoms with Crippen LogP contribution in [-0.4, -0.2) is 66.2 Å². The van der Waals surface area contributed by atoms with Crippen LogP contribution >= 0.6 is 0 Å². The summed E-state index contributed by atoms with van der Waals surface area (Å²) in [6.45, 7) is 4.65. The number of nitrogens with two attached hydrogens (primary N) is 1.